The molecule has 0 aliphatic rings. The lowest BCUT2D eigenvalue weighted by molar-refractivity contribution is -0.146. The Balaban J connectivity index is 1.62. The van der Waals surface area contributed by atoms with Crippen LogP contribution in [0.15, 0.2) is 24.3 Å². The molecule has 286 valence electrons. The summed E-state index contributed by atoms with van der Waals surface area (Å²) < 4.78 is 75.0. The number of esters is 1. The van der Waals surface area contributed by atoms with Crippen LogP contribution in [0.1, 0.15) is 0 Å². The molecule has 0 amide bonds. The third kappa shape index (κ3) is 34.1. The van der Waals surface area contributed by atoms with Gasteiger partial charge in [0.25, 0.3) is 0 Å². The highest BCUT2D eigenvalue weighted by Crippen LogP contribution is 2.12. The molecule has 0 atom stereocenters. The van der Waals surface area contributed by atoms with Gasteiger partial charge in [-0.15, -0.1) is 0 Å². The van der Waals surface area contributed by atoms with Gasteiger partial charge in [0.05, 0.1) is 159 Å². The summed E-state index contributed by atoms with van der Waals surface area (Å²) in [6.45, 7) is 11.4. The number of hydrogen-bond acceptors (Lipinski definition) is 16. The second-order valence-corrected chi connectivity index (χ2v) is 9.78. The number of nitrogens with two attached hydrogens (primary N) is 1. The van der Waals surface area contributed by atoms with Crippen LogP contribution in [0.5, 0.6) is 5.75 Å². The summed E-state index contributed by atoms with van der Waals surface area (Å²) in [6, 6.07) is 7.25. The van der Waals surface area contributed by atoms with Crippen LogP contribution >= 0.6 is 0 Å². The Kier molecular flexibility index (Phi) is 33.9. The Morgan fingerprint density at radius 2 is 0.653 bits per heavy atom. The quantitative estimate of drug-likeness (QED) is 0.0583. The van der Waals surface area contributed by atoms with Crippen molar-refractivity contribution in [1.82, 2.24) is 0 Å². The zero-order valence-electron chi connectivity index (χ0n) is 29.2. The van der Waals surface area contributed by atoms with E-state index in [0.717, 1.165) is 5.75 Å². The summed E-state index contributed by atoms with van der Waals surface area (Å²) in [7, 11) is 1.31. The summed E-state index contributed by atoms with van der Waals surface area (Å²) in [5.41, 5.74) is 6.35. The normalized spacial score (nSPS) is 11.3. The van der Waals surface area contributed by atoms with Crippen LogP contribution < -0.4 is 10.5 Å². The van der Waals surface area contributed by atoms with Crippen LogP contribution in [-0.2, 0) is 66.4 Å². The Bertz CT molecular complexity index is 822. The van der Waals surface area contributed by atoms with Gasteiger partial charge in [-0.05, 0) is 24.3 Å². The first-order valence-corrected chi connectivity index (χ1v) is 16.7. The van der Waals surface area contributed by atoms with Gasteiger partial charge in [0.1, 0.15) is 19.0 Å². The maximum Gasteiger partial charge on any atom is 0.331 e. The fourth-order valence-electron chi connectivity index (χ4n) is 3.42. The van der Waals surface area contributed by atoms with Crippen molar-refractivity contribution in [2.45, 2.75) is 0 Å². The topological polar surface area (TPSA) is 172 Å². The van der Waals surface area contributed by atoms with Gasteiger partial charge in [-0.3, -0.25) is 0 Å². The van der Waals surface area contributed by atoms with Crippen molar-refractivity contribution in [3.05, 3.63) is 24.3 Å². The molecular weight excluding hydrogens is 650 g/mol. The molecule has 0 unspecified atom stereocenters. The molecule has 16 nitrogen and oxygen atoms in total. The van der Waals surface area contributed by atoms with E-state index in [9.17, 15) is 4.79 Å². The highest BCUT2D eigenvalue weighted by Gasteiger charge is 2.00. The molecule has 16 heteroatoms. The van der Waals surface area contributed by atoms with Gasteiger partial charge in [-0.1, -0.05) is 0 Å². The molecule has 0 aromatic heterocycles. The average Bonchev–Trinajstić information content (AvgIpc) is 3.11. The third-order valence-corrected chi connectivity index (χ3v) is 5.92. The van der Waals surface area contributed by atoms with Crippen molar-refractivity contribution < 1.29 is 71.1 Å². The molecule has 1 aromatic rings. The van der Waals surface area contributed by atoms with Gasteiger partial charge in [-0.2, -0.15) is 0 Å². The van der Waals surface area contributed by atoms with Crippen molar-refractivity contribution in [2.75, 3.05) is 178 Å². The lowest BCUT2D eigenvalue weighted by atomic mass is 10.3. The molecule has 1 rings (SSSR count). The minimum atomic E-state index is -0.410. The number of carbonyl (C=O) groups excluding carboxylic acids is 1. The molecule has 0 saturated carbocycles. The van der Waals surface area contributed by atoms with E-state index in [-0.39, 0.29) is 6.61 Å². The summed E-state index contributed by atoms with van der Waals surface area (Å²) in [4.78, 5) is 10.9. The van der Waals surface area contributed by atoms with Gasteiger partial charge < -0.3 is 72.0 Å². The van der Waals surface area contributed by atoms with Crippen LogP contribution in [0.25, 0.3) is 0 Å². The predicted molar refractivity (Wildman–Crippen MR) is 178 cm³/mol. The van der Waals surface area contributed by atoms with Crippen LogP contribution in [0.2, 0.25) is 0 Å². The number of rotatable bonds is 39. The lowest BCUT2D eigenvalue weighted by Crippen LogP contribution is -2.16. The number of benzene rings is 1. The number of hydrogen-bond donors (Lipinski definition) is 1. The molecular formula is C33H59NO15. The number of carbonyl (C=O) groups is 1. The molecule has 0 spiro atoms. The first kappa shape index (κ1) is 44.8. The maximum absolute atomic E-state index is 10.9. The van der Waals surface area contributed by atoms with E-state index in [4.69, 9.17) is 67.3 Å². The molecule has 0 radical (unpaired) electrons. The molecule has 2 N–H and O–H groups in total. The number of anilines is 1. The molecule has 0 aliphatic heterocycles. The first-order valence-electron chi connectivity index (χ1n) is 16.7. The van der Waals surface area contributed by atoms with Crippen LogP contribution in [0.4, 0.5) is 5.69 Å². The lowest BCUT2D eigenvalue weighted by Gasteiger charge is -2.09. The van der Waals surface area contributed by atoms with E-state index in [0.29, 0.717) is 164 Å². The van der Waals surface area contributed by atoms with E-state index in [1.54, 1.807) is 12.1 Å². The van der Waals surface area contributed by atoms with E-state index < -0.39 is 5.97 Å². The van der Waals surface area contributed by atoms with Gasteiger partial charge in [-0.25, -0.2) is 4.79 Å². The monoisotopic (exact) mass is 709 g/mol. The van der Waals surface area contributed by atoms with Gasteiger partial charge in [0, 0.05) is 5.69 Å². The minimum absolute atomic E-state index is 0.0730. The highest BCUT2D eigenvalue weighted by atomic mass is 16.6. The average molecular weight is 710 g/mol. The smallest absolute Gasteiger partial charge is 0.331 e. The fourth-order valence-corrected chi connectivity index (χ4v) is 3.42. The molecule has 0 fully saturated rings. The molecule has 0 saturated heterocycles. The number of ether oxygens (including phenoxy) is 14. The second kappa shape index (κ2) is 37.1. The molecule has 0 heterocycles. The van der Waals surface area contributed by atoms with Gasteiger partial charge >= 0.3 is 5.97 Å². The fraction of sp³-hybridized carbons (Fsp3) is 0.788. The standard InChI is InChI=1S/C33H59NO15/c1-36-33(35)30-48-27-26-46-23-22-44-19-18-42-15-14-40-11-10-38-7-6-37-8-9-39-12-13-41-16-17-43-20-21-45-24-25-47-28-29-49-32-4-2-31(34)3-5-32/h2-5H,6-30,34H2,1H3. The summed E-state index contributed by atoms with van der Waals surface area (Å²) in [5.74, 6) is 0.358. The Morgan fingerprint density at radius 3 is 0.918 bits per heavy atom. The first-order chi connectivity index (χ1) is 24.2. The van der Waals surface area contributed by atoms with E-state index in [2.05, 4.69) is 4.74 Å². The minimum Gasteiger partial charge on any atom is -0.491 e. The van der Waals surface area contributed by atoms with Crippen LogP contribution in [0, 0.1) is 0 Å². The van der Waals surface area contributed by atoms with E-state index in [1.165, 1.54) is 7.11 Å². The van der Waals surface area contributed by atoms with Crippen LogP contribution in [-0.4, -0.2) is 178 Å². The molecule has 0 bridgehead atoms. The van der Waals surface area contributed by atoms with E-state index >= 15 is 0 Å². The SMILES string of the molecule is COC(=O)COCCOCCOCCOCCOCCOCCOCCOCCOCCOCCOCCOCCOc1ccc(N)cc1. The summed E-state index contributed by atoms with van der Waals surface area (Å²) >= 11 is 0. The predicted octanol–water partition coefficient (Wildman–Crippen LogP) is 1.02. The number of nitrogen functional groups attached to an aromatic ring is 1. The van der Waals surface area contributed by atoms with Gasteiger partial charge in [0.15, 0.2) is 0 Å². The van der Waals surface area contributed by atoms with Crippen molar-refractivity contribution in [1.29, 1.82) is 0 Å². The zero-order valence-corrected chi connectivity index (χ0v) is 29.2. The largest absolute Gasteiger partial charge is 0.491 e. The number of methoxy groups -OCH3 is 1. The highest BCUT2D eigenvalue weighted by molar-refractivity contribution is 5.70. The maximum atomic E-state index is 10.9. The van der Waals surface area contributed by atoms with Crippen molar-refractivity contribution in [3.8, 4) is 5.75 Å². The Labute approximate surface area is 290 Å². The Morgan fingerprint density at radius 1 is 0.408 bits per heavy atom. The van der Waals surface area contributed by atoms with Crippen molar-refractivity contribution >= 4 is 11.7 Å². The molecule has 1 aromatic carbocycles. The molecule has 0 aliphatic carbocycles. The summed E-state index contributed by atoms with van der Waals surface area (Å²) in [6.07, 6.45) is 0. The molecule has 49 heavy (non-hydrogen) atoms. The van der Waals surface area contributed by atoms with Crippen molar-refractivity contribution in [3.63, 3.8) is 0 Å². The second-order valence-electron chi connectivity index (χ2n) is 9.78. The third-order valence-electron chi connectivity index (χ3n) is 5.92. The zero-order chi connectivity index (χ0) is 35.1. The van der Waals surface area contributed by atoms with E-state index in [1.807, 2.05) is 12.1 Å². The Hall–Kier alpha value is -2.19. The van der Waals surface area contributed by atoms with Gasteiger partial charge in [0.2, 0.25) is 0 Å². The van der Waals surface area contributed by atoms with Crippen molar-refractivity contribution in [2.24, 2.45) is 0 Å². The van der Waals surface area contributed by atoms with Crippen LogP contribution in [0.3, 0.4) is 0 Å². The summed E-state index contributed by atoms with van der Waals surface area (Å²) in [5, 5.41) is 0.